The molecule has 0 aliphatic carbocycles. The van der Waals surface area contributed by atoms with Crippen LogP contribution in [0.25, 0.3) is 0 Å². The first-order valence-electron chi connectivity index (χ1n) is 35.2. The second-order valence-corrected chi connectivity index (χ2v) is 27.1. The summed E-state index contributed by atoms with van der Waals surface area (Å²) in [5.74, 6) is -15.6. The van der Waals surface area contributed by atoms with Crippen molar-refractivity contribution in [2.24, 2.45) is 66.8 Å². The number of hydrogen-bond acceptors (Lipinski definition) is 20. The van der Waals surface area contributed by atoms with E-state index in [-0.39, 0.29) is 158 Å². The molecule has 2 aromatic carbocycles. The summed E-state index contributed by atoms with van der Waals surface area (Å²) in [4.78, 5) is 210. The van der Waals surface area contributed by atoms with Crippen LogP contribution in [0.2, 0.25) is 0 Å². The van der Waals surface area contributed by atoms with Crippen LogP contribution in [0.15, 0.2) is 69.6 Å². The van der Waals surface area contributed by atoms with Crippen molar-refractivity contribution in [2.75, 3.05) is 57.3 Å². The van der Waals surface area contributed by atoms with Crippen LogP contribution in [0.1, 0.15) is 115 Å². The molecule has 4 rings (SSSR count). The van der Waals surface area contributed by atoms with Gasteiger partial charge >= 0.3 is 5.97 Å². The number of aliphatic imine (C=N–C) groups is 3. The van der Waals surface area contributed by atoms with Crippen LogP contribution in [-0.2, 0) is 80.0 Å². The molecule has 0 spiro atoms. The Kier molecular flexibility index (Phi) is 38.6. The molecule has 40 heteroatoms. The van der Waals surface area contributed by atoms with E-state index >= 15 is 9.59 Å². The second-order valence-electron chi connectivity index (χ2n) is 26.0. The van der Waals surface area contributed by atoms with Crippen LogP contribution in [0.4, 0.5) is 0 Å². The van der Waals surface area contributed by atoms with Crippen LogP contribution in [0.5, 0.6) is 5.75 Å². The van der Waals surface area contributed by atoms with E-state index in [1.807, 2.05) is 0 Å². The number of nitrogens with one attached hydrogen (secondary N) is 11. The summed E-state index contributed by atoms with van der Waals surface area (Å²) in [6.07, 6.45) is -0.866. The van der Waals surface area contributed by atoms with E-state index in [2.05, 4.69) is 73.5 Å². The molecule has 2 aliphatic heterocycles. The summed E-state index contributed by atoms with van der Waals surface area (Å²) in [5.41, 5.74) is 46.1. The van der Waals surface area contributed by atoms with Gasteiger partial charge in [-0.2, -0.15) is 0 Å². The lowest BCUT2D eigenvalue weighted by atomic mass is 10.00. The van der Waals surface area contributed by atoms with Crippen LogP contribution in [0.3, 0.4) is 0 Å². The number of guanidine groups is 3. The number of amides is 13. The molecule has 2 aromatic rings. The number of carbonyl (C=O) groups excluding carboxylic acids is 13. The number of benzene rings is 2. The lowest BCUT2D eigenvalue weighted by molar-refractivity contribution is -0.143. The zero-order valence-electron chi connectivity index (χ0n) is 60.2. The molecule has 2 heterocycles. The number of thioether (sulfide) groups is 1. The van der Waals surface area contributed by atoms with E-state index in [9.17, 15) is 67.7 Å². The van der Waals surface area contributed by atoms with Crippen molar-refractivity contribution in [3.63, 3.8) is 0 Å². The molecule has 29 N–H and O–H groups in total. The van der Waals surface area contributed by atoms with Crippen molar-refractivity contribution in [3.05, 3.63) is 65.7 Å². The average Bonchev–Trinajstić information content (AvgIpc) is 1.73. The molecule has 2 aliphatic rings. The number of aromatic hydroxyl groups is 1. The molecule has 590 valence electrons. The maximum absolute atomic E-state index is 15.1. The molecule has 0 aromatic heterocycles. The van der Waals surface area contributed by atoms with Gasteiger partial charge in [0.15, 0.2) is 17.9 Å². The van der Waals surface area contributed by atoms with E-state index in [0.29, 0.717) is 17.5 Å². The number of carbonyl (C=O) groups is 14. The molecule has 10 atom stereocenters. The molecule has 107 heavy (non-hydrogen) atoms. The van der Waals surface area contributed by atoms with Crippen LogP contribution in [0, 0.1) is 5.92 Å². The number of rotatable bonds is 26. The van der Waals surface area contributed by atoms with Gasteiger partial charge in [0.1, 0.15) is 66.2 Å². The number of aliphatic carboxylic acids is 1. The number of phenolic OH excluding ortho intramolecular Hbond substituents is 1. The van der Waals surface area contributed by atoms with Gasteiger partial charge < -0.3 is 119 Å². The van der Waals surface area contributed by atoms with Crippen molar-refractivity contribution in [1.29, 1.82) is 0 Å². The number of nitrogens with two attached hydrogens (primary N) is 8. The van der Waals surface area contributed by atoms with Crippen molar-refractivity contribution >= 4 is 112 Å². The quantitative estimate of drug-likeness (QED) is 0.0236. The monoisotopic (exact) mass is 1520 g/mol. The largest absolute Gasteiger partial charge is 0.508 e. The third kappa shape index (κ3) is 33.7. The van der Waals surface area contributed by atoms with Crippen LogP contribution in [-0.4, -0.2) is 233 Å². The standard InChI is InChI=1S/C67H105N23O16S/c1-37(2)30-46-60(102)84-43(16-9-27-77-66(72)73)58(100)88-47(31-39-12-4-3-5-13-39)61(103)86-45(17-10-28-78-67(74)75)64(106)90-29-11-18-50(90)63(105)85-42(14-6-7-25-68)57(99)89-48(32-54(95)96)62(104)83-41(15-8-26-76-65(70)71)56(98)80-33-51(92)79-34-52(93)82-49(55(69)97)35-107-36-53(94)81-44(59(101)87-46)24-21-38-19-22-40(91)23-20-38/h3-5,12-13,19-20,22-23,37,41-50,91H,6-11,14-18,21,24-36,68H2,1-2H3,(H2,69,97)(H,79,92)(H,80,98)(H,81,94)(H,82,93)(H,83,104)(H,84,102)(H,85,105)(H,86,103)(H,87,101)(H,88,100)(H,89,99)(H,95,96)(H4,70,71,76)(H4,72,73,77)(H4,74,75,78)/t41-,42-,43-,44-,45-,46-,47-,48-,49-,50-/m0/s1. The summed E-state index contributed by atoms with van der Waals surface area (Å²) in [7, 11) is 0. The fraction of sp³-hybridized carbons (Fsp3) is 0.567. The Morgan fingerprint density at radius 2 is 0.991 bits per heavy atom. The second kappa shape index (κ2) is 46.7. The number of phenols is 1. The van der Waals surface area contributed by atoms with Gasteiger partial charge in [0.05, 0.1) is 25.3 Å². The zero-order valence-corrected chi connectivity index (χ0v) is 61.0. The SMILES string of the molecule is CC(C)C[C@@H]1NC(=O)[C@H](CCc2ccc(O)cc2)NC(=O)CSC[C@@H](C(N)=O)NC(=O)CNC(=O)CNC(=O)[C@H](CCCN=C(N)N)NC(=O)[C@H](CC(=O)O)NC(=O)[C@H](CCCCN)NC(=O)[C@@H]2CCCN2C(=O)[C@H](CCCN=C(N)N)NC(=O)[C@H](Cc2ccccc2)NC(=O)[C@H](CCCN=C(N)N)NC1=O. The fourth-order valence-electron chi connectivity index (χ4n) is 11.3. The summed E-state index contributed by atoms with van der Waals surface area (Å²) in [6.45, 7) is 1.93. The number of aryl methyl sites for hydroxylation is 1. The van der Waals surface area contributed by atoms with E-state index < -0.39 is 168 Å². The van der Waals surface area contributed by atoms with Gasteiger partial charge in [0, 0.05) is 38.4 Å². The lowest BCUT2D eigenvalue weighted by Crippen LogP contribution is -2.60. The molecule has 0 saturated carbocycles. The number of carboxylic acids is 1. The number of unbranched alkanes of at least 4 members (excludes halogenated alkanes) is 1. The Labute approximate surface area is 623 Å². The summed E-state index contributed by atoms with van der Waals surface area (Å²) in [5, 5.41) is 48.1. The summed E-state index contributed by atoms with van der Waals surface area (Å²) >= 11 is 0.823. The zero-order chi connectivity index (χ0) is 79.1. The van der Waals surface area contributed by atoms with E-state index in [1.54, 1.807) is 56.3 Å². The highest BCUT2D eigenvalue weighted by Crippen LogP contribution is 2.22. The number of primary amides is 1. The minimum absolute atomic E-state index is 0.0151. The maximum atomic E-state index is 15.1. The van der Waals surface area contributed by atoms with Gasteiger partial charge in [0.2, 0.25) is 76.8 Å². The predicted molar refractivity (Wildman–Crippen MR) is 396 cm³/mol. The first kappa shape index (κ1) is 88.3. The molecule has 2 saturated heterocycles. The minimum atomic E-state index is -1.92. The van der Waals surface area contributed by atoms with Crippen molar-refractivity contribution in [3.8, 4) is 5.75 Å². The summed E-state index contributed by atoms with van der Waals surface area (Å²) in [6, 6.07) is -0.399. The average molecular weight is 1520 g/mol. The molecule has 2 fully saturated rings. The van der Waals surface area contributed by atoms with Crippen molar-refractivity contribution in [2.45, 2.75) is 177 Å². The highest BCUT2D eigenvalue weighted by atomic mass is 32.2. The van der Waals surface area contributed by atoms with Gasteiger partial charge in [-0.15, -0.1) is 11.8 Å². The number of hydrogen-bond donors (Lipinski definition) is 21. The smallest absolute Gasteiger partial charge is 0.305 e. The Bertz CT molecular complexity index is 3450. The molecule has 13 amide bonds. The maximum Gasteiger partial charge on any atom is 0.305 e. The predicted octanol–water partition coefficient (Wildman–Crippen LogP) is -6.80. The highest BCUT2D eigenvalue weighted by molar-refractivity contribution is 8.00. The summed E-state index contributed by atoms with van der Waals surface area (Å²) < 4.78 is 0. The fourth-order valence-corrected chi connectivity index (χ4v) is 12.2. The Hall–Kier alpha value is -11.1. The molecule has 0 bridgehead atoms. The first-order valence-corrected chi connectivity index (χ1v) is 36.3. The van der Waals surface area contributed by atoms with Gasteiger partial charge in [-0.3, -0.25) is 82.1 Å². The van der Waals surface area contributed by atoms with Crippen molar-refractivity contribution in [1.82, 2.24) is 63.4 Å². The van der Waals surface area contributed by atoms with Crippen LogP contribution >= 0.6 is 11.8 Å². The number of nitrogens with zero attached hydrogens (tertiary/aromatic N) is 4. The topological polar surface area (TPSA) is 660 Å². The third-order valence-electron chi connectivity index (χ3n) is 16.8. The Balaban J connectivity index is 1.85. The van der Waals surface area contributed by atoms with E-state index in [4.69, 9.17) is 45.9 Å². The molecule has 39 nitrogen and oxygen atoms in total. The van der Waals surface area contributed by atoms with Gasteiger partial charge in [-0.05, 0) is 126 Å². The molecular formula is C67H105N23O16S. The van der Waals surface area contributed by atoms with Gasteiger partial charge in [-0.1, -0.05) is 56.3 Å². The van der Waals surface area contributed by atoms with Crippen molar-refractivity contribution < 1.29 is 77.3 Å². The lowest BCUT2D eigenvalue weighted by Gasteiger charge is -2.31. The minimum Gasteiger partial charge on any atom is -0.508 e. The normalized spacial score (nSPS) is 22.9. The number of carboxylic acid groups (broad SMARTS) is 1. The van der Waals surface area contributed by atoms with Gasteiger partial charge in [0.25, 0.3) is 0 Å². The Morgan fingerprint density at radius 1 is 0.514 bits per heavy atom. The van der Waals surface area contributed by atoms with Gasteiger partial charge in [-0.25, -0.2) is 0 Å². The van der Waals surface area contributed by atoms with Crippen LogP contribution < -0.4 is 104 Å². The van der Waals surface area contributed by atoms with E-state index in [0.717, 1.165) is 11.8 Å². The number of fused-ring (bicyclic) bond motifs is 1. The van der Waals surface area contributed by atoms with E-state index in [1.165, 1.54) is 17.0 Å². The third-order valence-corrected chi connectivity index (χ3v) is 17.8. The molecule has 0 unspecified atom stereocenters. The molecular weight excluding hydrogens is 1410 g/mol. The highest BCUT2D eigenvalue weighted by Gasteiger charge is 2.41. The first-order chi connectivity index (χ1) is 50.8. The Morgan fingerprint density at radius 3 is 1.54 bits per heavy atom. The molecule has 0 radical (unpaired) electrons.